The maximum Gasteiger partial charge on any atom is 0.374 e. The topological polar surface area (TPSA) is 72.6 Å². The number of hydrogen-bond donors (Lipinski definition) is 1. The predicted molar refractivity (Wildman–Crippen MR) is 60.3 cm³/mol. The number of ether oxygens (including phenoxy) is 1. The minimum atomic E-state index is -1.13. The van der Waals surface area contributed by atoms with Gasteiger partial charge in [0.05, 0.1) is 4.90 Å². The highest BCUT2D eigenvalue weighted by molar-refractivity contribution is 7.99. The quantitative estimate of drug-likeness (QED) is 0.881. The zero-order valence-corrected chi connectivity index (χ0v) is 9.36. The summed E-state index contributed by atoms with van der Waals surface area (Å²) in [5.74, 6) is 0.109. The third kappa shape index (κ3) is 1.76. The van der Waals surface area contributed by atoms with Gasteiger partial charge >= 0.3 is 5.97 Å². The van der Waals surface area contributed by atoms with Crippen LogP contribution in [-0.2, 0) is 0 Å². The van der Waals surface area contributed by atoms with Crippen molar-refractivity contribution in [3.05, 3.63) is 30.0 Å². The standard InChI is InChI=1S/C11H7NO4S/c13-11(14)9-4-7(12-16-9)6-1-2-10-8(3-6)15-5-17-10/h1-4H,5H2,(H,13,14). The normalized spacial score (nSPS) is 13.2. The molecule has 5 nitrogen and oxygen atoms in total. The van der Waals surface area contributed by atoms with Gasteiger partial charge in [0.15, 0.2) is 0 Å². The van der Waals surface area contributed by atoms with Crippen LogP contribution in [-0.4, -0.2) is 22.2 Å². The summed E-state index contributed by atoms with van der Waals surface area (Å²) in [6.45, 7) is 0. The van der Waals surface area contributed by atoms with Crippen LogP contribution in [0.5, 0.6) is 5.75 Å². The van der Waals surface area contributed by atoms with Crippen LogP contribution in [0, 0.1) is 0 Å². The van der Waals surface area contributed by atoms with E-state index in [1.165, 1.54) is 6.07 Å². The van der Waals surface area contributed by atoms with E-state index in [9.17, 15) is 4.79 Å². The molecule has 17 heavy (non-hydrogen) atoms. The number of nitrogens with zero attached hydrogens (tertiary/aromatic N) is 1. The maximum absolute atomic E-state index is 10.7. The second kappa shape index (κ2) is 3.81. The molecule has 2 aromatic rings. The van der Waals surface area contributed by atoms with Crippen LogP contribution in [0.15, 0.2) is 33.7 Å². The van der Waals surface area contributed by atoms with Crippen molar-refractivity contribution in [1.82, 2.24) is 5.16 Å². The molecular formula is C11H7NO4S. The molecule has 0 amide bonds. The molecule has 6 heteroatoms. The maximum atomic E-state index is 10.7. The number of aromatic carboxylic acids is 1. The zero-order valence-electron chi connectivity index (χ0n) is 8.54. The lowest BCUT2D eigenvalue weighted by molar-refractivity contribution is 0.0652. The summed E-state index contributed by atoms with van der Waals surface area (Å²) in [6.07, 6.45) is 0. The van der Waals surface area contributed by atoms with E-state index in [4.69, 9.17) is 14.4 Å². The Hall–Kier alpha value is -1.95. The van der Waals surface area contributed by atoms with Gasteiger partial charge in [0.1, 0.15) is 17.4 Å². The third-order valence-corrected chi connectivity index (χ3v) is 3.27. The molecule has 86 valence electrons. The molecule has 0 saturated carbocycles. The van der Waals surface area contributed by atoms with Crippen LogP contribution in [0.25, 0.3) is 11.3 Å². The molecule has 0 bridgehead atoms. The summed E-state index contributed by atoms with van der Waals surface area (Å²) in [7, 11) is 0. The zero-order chi connectivity index (χ0) is 11.8. The first-order chi connectivity index (χ1) is 8.24. The summed E-state index contributed by atoms with van der Waals surface area (Å²) in [5, 5.41) is 12.5. The Kier molecular flexibility index (Phi) is 2.29. The Labute approximate surface area is 100 Å². The number of aromatic nitrogens is 1. The molecule has 0 unspecified atom stereocenters. The first-order valence-electron chi connectivity index (χ1n) is 4.84. The van der Waals surface area contributed by atoms with E-state index in [-0.39, 0.29) is 5.76 Å². The minimum absolute atomic E-state index is 0.171. The fraction of sp³-hybridized carbons (Fsp3) is 0.0909. The van der Waals surface area contributed by atoms with Gasteiger partial charge in [0.2, 0.25) is 5.76 Å². The molecular weight excluding hydrogens is 242 g/mol. The van der Waals surface area contributed by atoms with E-state index < -0.39 is 5.97 Å². The van der Waals surface area contributed by atoms with Crippen molar-refractivity contribution in [2.75, 3.05) is 5.94 Å². The highest BCUT2D eigenvalue weighted by Crippen LogP contribution is 2.38. The predicted octanol–water partition coefficient (Wildman–Crippen LogP) is 2.48. The smallest absolute Gasteiger partial charge is 0.374 e. The highest BCUT2D eigenvalue weighted by atomic mass is 32.2. The van der Waals surface area contributed by atoms with Crippen LogP contribution >= 0.6 is 11.8 Å². The lowest BCUT2D eigenvalue weighted by Gasteiger charge is -1.99. The van der Waals surface area contributed by atoms with Crippen molar-refractivity contribution in [3.8, 4) is 17.0 Å². The van der Waals surface area contributed by atoms with Crippen molar-refractivity contribution in [2.24, 2.45) is 0 Å². The van der Waals surface area contributed by atoms with Crippen molar-refractivity contribution in [3.63, 3.8) is 0 Å². The molecule has 3 rings (SSSR count). The molecule has 1 aliphatic rings. The molecule has 0 atom stereocenters. The van der Waals surface area contributed by atoms with Gasteiger partial charge in [-0.15, -0.1) is 0 Å². The molecule has 0 saturated heterocycles. The van der Waals surface area contributed by atoms with Gasteiger partial charge in [-0.2, -0.15) is 0 Å². The number of hydrogen-bond acceptors (Lipinski definition) is 5. The Bertz CT molecular complexity index is 593. The van der Waals surface area contributed by atoms with Crippen molar-refractivity contribution >= 4 is 17.7 Å². The van der Waals surface area contributed by atoms with Crippen molar-refractivity contribution < 1.29 is 19.2 Å². The van der Waals surface area contributed by atoms with Crippen LogP contribution in [0.3, 0.4) is 0 Å². The fourth-order valence-corrected chi connectivity index (χ4v) is 2.31. The molecule has 0 aliphatic carbocycles. The summed E-state index contributed by atoms with van der Waals surface area (Å²) in [5.41, 5.74) is 1.27. The van der Waals surface area contributed by atoms with Gasteiger partial charge in [-0.3, -0.25) is 0 Å². The largest absolute Gasteiger partial charge is 0.481 e. The van der Waals surface area contributed by atoms with Gasteiger partial charge in [0.25, 0.3) is 0 Å². The number of rotatable bonds is 2. The summed E-state index contributed by atoms with van der Waals surface area (Å²) in [4.78, 5) is 11.8. The Morgan fingerprint density at radius 1 is 1.41 bits per heavy atom. The number of carboxylic acid groups (broad SMARTS) is 1. The monoisotopic (exact) mass is 249 g/mol. The Morgan fingerprint density at radius 3 is 3.06 bits per heavy atom. The van der Waals surface area contributed by atoms with E-state index in [1.54, 1.807) is 11.8 Å². The molecule has 1 aliphatic heterocycles. The molecule has 0 fully saturated rings. The van der Waals surface area contributed by atoms with E-state index in [1.807, 2.05) is 18.2 Å². The minimum Gasteiger partial charge on any atom is -0.481 e. The van der Waals surface area contributed by atoms with E-state index in [2.05, 4.69) is 5.16 Å². The van der Waals surface area contributed by atoms with E-state index in [0.29, 0.717) is 11.6 Å². The third-order valence-electron chi connectivity index (χ3n) is 2.39. The molecule has 1 aromatic carbocycles. The second-order valence-electron chi connectivity index (χ2n) is 3.45. The van der Waals surface area contributed by atoms with Crippen LogP contribution in [0.2, 0.25) is 0 Å². The number of thioether (sulfide) groups is 1. The van der Waals surface area contributed by atoms with E-state index >= 15 is 0 Å². The molecule has 1 aromatic heterocycles. The first-order valence-corrected chi connectivity index (χ1v) is 5.82. The fourth-order valence-electron chi connectivity index (χ4n) is 1.57. The van der Waals surface area contributed by atoms with Gasteiger partial charge in [0, 0.05) is 11.6 Å². The lowest BCUT2D eigenvalue weighted by atomic mass is 10.1. The number of benzene rings is 1. The number of carboxylic acids is 1. The van der Waals surface area contributed by atoms with Gasteiger partial charge in [-0.05, 0) is 12.1 Å². The van der Waals surface area contributed by atoms with Crippen molar-refractivity contribution in [2.45, 2.75) is 4.90 Å². The van der Waals surface area contributed by atoms with Gasteiger partial charge in [-0.25, -0.2) is 4.79 Å². The number of carbonyl (C=O) groups is 1. The van der Waals surface area contributed by atoms with E-state index in [0.717, 1.165) is 16.2 Å². The molecule has 0 spiro atoms. The van der Waals surface area contributed by atoms with Gasteiger partial charge < -0.3 is 14.4 Å². The number of fused-ring (bicyclic) bond motifs is 1. The summed E-state index contributed by atoms with van der Waals surface area (Å²) in [6, 6.07) is 7.02. The van der Waals surface area contributed by atoms with Crippen molar-refractivity contribution in [1.29, 1.82) is 0 Å². The van der Waals surface area contributed by atoms with Crippen LogP contribution in [0.4, 0.5) is 0 Å². The van der Waals surface area contributed by atoms with Crippen LogP contribution < -0.4 is 4.74 Å². The first kappa shape index (κ1) is 10.2. The van der Waals surface area contributed by atoms with Crippen LogP contribution in [0.1, 0.15) is 10.6 Å². The molecule has 1 N–H and O–H groups in total. The molecule has 2 heterocycles. The summed E-state index contributed by atoms with van der Waals surface area (Å²) >= 11 is 1.62. The summed E-state index contributed by atoms with van der Waals surface area (Å²) < 4.78 is 10.1. The average Bonchev–Trinajstić information content (AvgIpc) is 2.97. The Balaban J connectivity index is 2.00. The highest BCUT2D eigenvalue weighted by Gasteiger charge is 2.16. The Morgan fingerprint density at radius 2 is 2.29 bits per heavy atom. The lowest BCUT2D eigenvalue weighted by Crippen LogP contribution is -1.91. The SMILES string of the molecule is O=C(O)c1cc(-c2ccc3c(c2)OCS3)no1. The average molecular weight is 249 g/mol. The van der Waals surface area contributed by atoms with Gasteiger partial charge in [-0.1, -0.05) is 23.0 Å². The molecule has 0 radical (unpaired) electrons. The second-order valence-corrected chi connectivity index (χ2v) is 4.41.